The number of fused-ring (bicyclic) bond motifs is 2. The predicted molar refractivity (Wildman–Crippen MR) is 331 cm³/mol. The number of anilines is 12. The molecule has 78 heavy (non-hydrogen) atoms. The van der Waals surface area contributed by atoms with E-state index in [0.29, 0.717) is 0 Å². The summed E-state index contributed by atoms with van der Waals surface area (Å²) in [5, 5.41) is 4.56. The number of rotatable bonds is 14. The largest absolute Gasteiger partial charge is 0.311 e. The number of benzene rings is 13. The maximum atomic E-state index is 2.44. The van der Waals surface area contributed by atoms with Gasteiger partial charge in [-0.3, -0.25) is 0 Å². The summed E-state index contributed by atoms with van der Waals surface area (Å²) in [6.45, 7) is 0. The lowest BCUT2D eigenvalue weighted by Crippen LogP contribution is -2.14. The normalized spacial score (nSPS) is 11.1. The van der Waals surface area contributed by atoms with E-state index in [9.17, 15) is 0 Å². The molecule has 4 heteroatoms. The Hall–Kier alpha value is -10.4. The molecule has 0 amide bonds. The minimum Gasteiger partial charge on any atom is -0.311 e. The molecule has 0 aliphatic carbocycles. The van der Waals surface area contributed by atoms with Crippen molar-refractivity contribution in [1.29, 1.82) is 0 Å². The first-order chi connectivity index (χ1) is 38.8. The predicted octanol–water partition coefficient (Wildman–Crippen LogP) is 21.2. The van der Waals surface area contributed by atoms with E-state index in [1.165, 1.54) is 0 Å². The second-order valence-corrected chi connectivity index (χ2v) is 19.3. The van der Waals surface area contributed by atoms with Crippen LogP contribution in [-0.4, -0.2) is 0 Å². The molecule has 13 rings (SSSR count). The fourth-order valence-electron chi connectivity index (χ4n) is 11.2. The highest BCUT2D eigenvalue weighted by molar-refractivity contribution is 6.28. The highest BCUT2D eigenvalue weighted by Crippen LogP contribution is 2.55. The second-order valence-electron chi connectivity index (χ2n) is 19.3. The smallest absolute Gasteiger partial charge is 0.0548 e. The van der Waals surface area contributed by atoms with E-state index in [0.717, 1.165) is 112 Å². The van der Waals surface area contributed by atoms with Gasteiger partial charge in [0.05, 0.1) is 11.4 Å². The summed E-state index contributed by atoms with van der Waals surface area (Å²) < 4.78 is 0. The van der Waals surface area contributed by atoms with Crippen molar-refractivity contribution in [3.8, 4) is 22.3 Å². The number of hydrogen-bond acceptors (Lipinski definition) is 4. The van der Waals surface area contributed by atoms with E-state index in [2.05, 4.69) is 347 Å². The second kappa shape index (κ2) is 21.4. The Balaban J connectivity index is 1.15. The Morgan fingerprint density at radius 2 is 0.346 bits per heavy atom. The Morgan fingerprint density at radius 1 is 0.154 bits per heavy atom. The summed E-state index contributed by atoms with van der Waals surface area (Å²) in [6, 6.07) is 118. The minimum atomic E-state index is 1.06. The maximum Gasteiger partial charge on any atom is 0.0548 e. The maximum absolute atomic E-state index is 2.44. The van der Waals surface area contributed by atoms with Crippen molar-refractivity contribution in [2.45, 2.75) is 0 Å². The summed E-state index contributed by atoms with van der Waals surface area (Å²) in [5.74, 6) is 0. The molecule has 0 aromatic heterocycles. The Morgan fingerprint density at radius 3 is 0.577 bits per heavy atom. The zero-order valence-corrected chi connectivity index (χ0v) is 43.0. The molecule has 0 aliphatic rings. The molecule has 13 aromatic carbocycles. The van der Waals surface area contributed by atoms with Crippen molar-refractivity contribution in [2.24, 2.45) is 0 Å². The fourth-order valence-corrected chi connectivity index (χ4v) is 11.2. The third-order valence-electron chi connectivity index (χ3n) is 14.6. The van der Waals surface area contributed by atoms with Gasteiger partial charge in [0, 0.05) is 67.6 Å². The molecule has 0 saturated carbocycles. The highest BCUT2D eigenvalue weighted by Gasteiger charge is 2.28. The van der Waals surface area contributed by atoms with Crippen LogP contribution in [0.1, 0.15) is 0 Å². The van der Waals surface area contributed by atoms with Crippen LogP contribution in [0.3, 0.4) is 0 Å². The average molecular weight is 999 g/mol. The number of para-hydroxylation sites is 8. The quantitative estimate of drug-likeness (QED) is 0.101. The van der Waals surface area contributed by atoms with Crippen molar-refractivity contribution in [3.05, 3.63) is 328 Å². The van der Waals surface area contributed by atoms with Gasteiger partial charge in [0.25, 0.3) is 0 Å². The molecule has 13 aromatic rings. The molecule has 0 radical (unpaired) electrons. The first-order valence-electron chi connectivity index (χ1n) is 26.6. The van der Waals surface area contributed by atoms with Gasteiger partial charge in [0.1, 0.15) is 0 Å². The molecule has 0 heterocycles. The third-order valence-corrected chi connectivity index (χ3v) is 14.6. The monoisotopic (exact) mass is 998 g/mol. The first kappa shape index (κ1) is 47.3. The minimum absolute atomic E-state index is 1.06. The zero-order chi connectivity index (χ0) is 52.0. The highest BCUT2D eigenvalue weighted by atomic mass is 15.2. The van der Waals surface area contributed by atoms with Crippen LogP contribution in [0.4, 0.5) is 68.2 Å². The van der Waals surface area contributed by atoms with Crippen LogP contribution in [0.5, 0.6) is 0 Å². The zero-order valence-electron chi connectivity index (χ0n) is 43.0. The van der Waals surface area contributed by atoms with E-state index in [1.807, 2.05) is 0 Å². The van der Waals surface area contributed by atoms with Crippen LogP contribution in [0.15, 0.2) is 328 Å². The van der Waals surface area contributed by atoms with Gasteiger partial charge < -0.3 is 19.6 Å². The van der Waals surface area contributed by atoms with Gasteiger partial charge in [0.15, 0.2) is 0 Å². The molecule has 0 aliphatic heterocycles. The first-order valence-corrected chi connectivity index (χ1v) is 26.6. The van der Waals surface area contributed by atoms with Crippen molar-refractivity contribution in [3.63, 3.8) is 0 Å². The topological polar surface area (TPSA) is 13.0 Å². The molecule has 0 atom stereocenters. The Labute approximate surface area is 456 Å². The van der Waals surface area contributed by atoms with Crippen LogP contribution in [0.25, 0.3) is 43.8 Å². The van der Waals surface area contributed by atoms with Gasteiger partial charge in [-0.1, -0.05) is 194 Å². The summed E-state index contributed by atoms with van der Waals surface area (Å²) in [4.78, 5) is 9.53. The third kappa shape index (κ3) is 9.08. The summed E-state index contributed by atoms with van der Waals surface area (Å²) in [5.41, 5.74) is 17.4. The molecule has 0 bridgehead atoms. The fraction of sp³-hybridized carbons (Fsp3) is 0. The van der Waals surface area contributed by atoms with E-state index in [4.69, 9.17) is 0 Å². The lowest BCUT2D eigenvalue weighted by molar-refractivity contribution is 1.27. The number of nitrogens with zero attached hydrogens (tertiary/aromatic N) is 4. The van der Waals surface area contributed by atoms with Gasteiger partial charge in [-0.05, 0) is 166 Å². The molecule has 0 spiro atoms. The van der Waals surface area contributed by atoms with Gasteiger partial charge in [0.2, 0.25) is 0 Å². The summed E-state index contributed by atoms with van der Waals surface area (Å²) in [7, 11) is 0. The van der Waals surface area contributed by atoms with Gasteiger partial charge in [-0.2, -0.15) is 0 Å². The molecule has 0 saturated heterocycles. The van der Waals surface area contributed by atoms with E-state index in [1.54, 1.807) is 0 Å². The molecule has 4 nitrogen and oxygen atoms in total. The summed E-state index contributed by atoms with van der Waals surface area (Å²) in [6.07, 6.45) is 0. The molecule has 370 valence electrons. The van der Waals surface area contributed by atoms with E-state index in [-0.39, 0.29) is 0 Å². The summed E-state index contributed by atoms with van der Waals surface area (Å²) >= 11 is 0. The molecule has 0 N–H and O–H groups in total. The van der Waals surface area contributed by atoms with Crippen LogP contribution >= 0.6 is 0 Å². The molecule has 0 unspecified atom stereocenters. The van der Waals surface area contributed by atoms with Gasteiger partial charge in [-0.15, -0.1) is 0 Å². The molecule has 0 fully saturated rings. The van der Waals surface area contributed by atoms with Crippen LogP contribution in [0, 0.1) is 0 Å². The average Bonchev–Trinajstić information content (AvgIpc) is 3.59. The van der Waals surface area contributed by atoms with Crippen molar-refractivity contribution in [2.75, 3.05) is 19.6 Å². The number of hydrogen-bond donors (Lipinski definition) is 0. The van der Waals surface area contributed by atoms with Gasteiger partial charge in [-0.25, -0.2) is 0 Å². The Bertz CT molecular complexity index is 3660. The van der Waals surface area contributed by atoms with Crippen molar-refractivity contribution < 1.29 is 0 Å². The van der Waals surface area contributed by atoms with Crippen LogP contribution in [-0.2, 0) is 0 Å². The van der Waals surface area contributed by atoms with Crippen LogP contribution in [0.2, 0.25) is 0 Å². The lowest BCUT2D eigenvalue weighted by atomic mass is 9.83. The Kier molecular flexibility index (Phi) is 13.0. The van der Waals surface area contributed by atoms with E-state index >= 15 is 0 Å². The SMILES string of the molecule is c1ccc(N(c2ccccc2)c2ccc(-c3c4ccccc4c(-c4ccc(N(c5ccccc5)c5ccccc5)cc4)c4c(N(c5ccccc5)c5ccccc5)ccc(N(c5ccccc5)c5ccccc5)c34)cc2)cc1. The van der Waals surface area contributed by atoms with E-state index < -0.39 is 0 Å². The molecular formula is C74H54N4. The van der Waals surface area contributed by atoms with Crippen molar-refractivity contribution in [1.82, 2.24) is 0 Å². The van der Waals surface area contributed by atoms with Crippen molar-refractivity contribution >= 4 is 89.8 Å². The lowest BCUT2D eigenvalue weighted by Gasteiger charge is -2.33. The standard InChI is InChI=1S/C74H54N4/c1-9-27-57(28-10-1)75(58-29-11-2-12-30-58)65-49-45-55(46-50-65)71-67-43-25-26-44-68(67)72(56-47-51-66(52-48-56)76(59-31-13-3-14-32-59)60-33-15-4-16-34-60)74-70(78(63-39-21-7-22-40-63)64-41-23-8-24-42-64)54-53-69(73(71)74)77(61-35-17-5-18-36-61)62-37-19-6-20-38-62/h1-54H. The molecular weight excluding hydrogens is 945 g/mol. The van der Waals surface area contributed by atoms with Gasteiger partial charge >= 0.3 is 0 Å². The van der Waals surface area contributed by atoms with Crippen LogP contribution < -0.4 is 19.6 Å².